The molecule has 0 spiro atoms. The van der Waals surface area contributed by atoms with E-state index in [0.717, 1.165) is 9.87 Å². The number of sulfone groups is 1. The summed E-state index contributed by atoms with van der Waals surface area (Å²) in [4.78, 5) is 13.9. The zero-order valence-electron chi connectivity index (χ0n) is 37.0. The minimum absolute atomic E-state index is 0.0554. The van der Waals surface area contributed by atoms with Crippen molar-refractivity contribution in [3.05, 3.63) is 126 Å². The first-order valence-electron chi connectivity index (χ1n) is 20.4. The number of carbonyl (C=O) groups is 1. The number of aromatic nitrogens is 4. The van der Waals surface area contributed by atoms with E-state index in [9.17, 15) is 13.2 Å². The largest absolute Gasteiger partial charge is 0.497 e. The van der Waals surface area contributed by atoms with Crippen molar-refractivity contribution in [2.24, 2.45) is 5.14 Å². The molecule has 0 bridgehead atoms. The van der Waals surface area contributed by atoms with Crippen molar-refractivity contribution in [1.82, 2.24) is 29.4 Å². The average molecular weight is 960 g/mol. The van der Waals surface area contributed by atoms with E-state index in [1.807, 2.05) is 0 Å². The first kappa shape index (κ1) is 47.6. The number of nitrogens with two attached hydrogens (primary N) is 1. The van der Waals surface area contributed by atoms with Gasteiger partial charge in [-0.1, -0.05) is 54.6 Å². The SMILES string of the molecule is COc1ccc(CN(Cc2ccc(OC)cc2)S(=O)(=O)c2c(S(=O)(=O)C3CN(C(=O)OC(C)(C)C)C3)ccc(-c3cccc(S(N)(=O)=O)c3)c2-c2nnn(Cc3ccc(OC)cc3)n2)cc1. The van der Waals surface area contributed by atoms with E-state index in [1.165, 1.54) is 67.4 Å². The van der Waals surface area contributed by atoms with Gasteiger partial charge in [-0.15, -0.1) is 10.2 Å². The molecule has 0 radical (unpaired) electrons. The van der Waals surface area contributed by atoms with Crippen LogP contribution < -0.4 is 19.3 Å². The number of carbonyl (C=O) groups excluding carboxylic acids is 1. The molecule has 1 amide bonds. The standard InChI is InChI=1S/C45H49N7O11S3/c1-45(2,3)63-44(53)50-28-38(29-50)64(54,55)40-23-22-39(33-8-7-9-37(24-33)65(46,56)57)41(43-47-49-52(48-43)27-32-14-20-36(62-6)21-15-32)42(40)66(58,59)51(25-30-10-16-34(60-4)17-11-30)26-31-12-18-35(61-5)19-13-31/h7-24,38H,25-29H2,1-6H3,(H2,46,56,57). The van der Waals surface area contributed by atoms with Crippen molar-refractivity contribution in [3.63, 3.8) is 0 Å². The summed E-state index contributed by atoms with van der Waals surface area (Å²) >= 11 is 0. The number of benzene rings is 5. The Labute approximate surface area is 383 Å². The third-order valence-corrected chi connectivity index (χ3v) is 15.7. The summed E-state index contributed by atoms with van der Waals surface area (Å²) in [6.07, 6.45) is -0.726. The quantitative estimate of drug-likeness (QED) is 0.126. The fourth-order valence-electron chi connectivity index (χ4n) is 7.17. The number of nitrogens with zero attached hydrogens (tertiary/aromatic N) is 6. The predicted molar refractivity (Wildman–Crippen MR) is 243 cm³/mol. The number of rotatable bonds is 16. The maximum Gasteiger partial charge on any atom is 0.410 e. The molecule has 1 saturated heterocycles. The number of sulfonamides is 2. The van der Waals surface area contributed by atoms with Gasteiger partial charge in [0.2, 0.25) is 25.9 Å². The van der Waals surface area contributed by atoms with Crippen LogP contribution >= 0.6 is 0 Å². The smallest absolute Gasteiger partial charge is 0.410 e. The van der Waals surface area contributed by atoms with E-state index >= 15 is 16.8 Å². The second kappa shape index (κ2) is 18.8. The Balaban J connectivity index is 1.48. The molecule has 1 aromatic heterocycles. The van der Waals surface area contributed by atoms with Crippen LogP contribution in [-0.2, 0) is 54.3 Å². The molecule has 18 nitrogen and oxygen atoms in total. The lowest BCUT2D eigenvalue weighted by Crippen LogP contribution is -2.57. The third-order valence-electron chi connectivity index (χ3n) is 10.6. The van der Waals surface area contributed by atoms with Crippen LogP contribution in [0.25, 0.3) is 22.5 Å². The number of tetrazole rings is 1. The summed E-state index contributed by atoms with van der Waals surface area (Å²) in [5.74, 6) is 1.38. The van der Waals surface area contributed by atoms with Gasteiger partial charge in [0.1, 0.15) is 33.0 Å². The lowest BCUT2D eigenvalue weighted by atomic mass is 9.99. The number of likely N-dealkylation sites (tertiary alicyclic amines) is 1. The van der Waals surface area contributed by atoms with Crippen LogP contribution in [0.5, 0.6) is 17.2 Å². The lowest BCUT2D eigenvalue weighted by molar-refractivity contribution is 0.0139. The molecule has 7 rings (SSSR count). The van der Waals surface area contributed by atoms with Gasteiger partial charge in [0.05, 0.1) is 43.2 Å². The molecule has 0 atom stereocenters. The maximum absolute atomic E-state index is 16.0. The van der Waals surface area contributed by atoms with Crippen molar-refractivity contribution in [1.29, 1.82) is 0 Å². The van der Waals surface area contributed by atoms with Gasteiger partial charge in [-0.2, -0.15) is 9.10 Å². The summed E-state index contributed by atoms with van der Waals surface area (Å²) in [5.41, 5.74) is 0.872. The van der Waals surface area contributed by atoms with Gasteiger partial charge in [0, 0.05) is 26.2 Å². The molecule has 66 heavy (non-hydrogen) atoms. The Bertz CT molecular complexity index is 3010. The van der Waals surface area contributed by atoms with E-state index in [2.05, 4.69) is 15.4 Å². The van der Waals surface area contributed by atoms with Crippen LogP contribution in [0.4, 0.5) is 4.79 Å². The highest BCUT2D eigenvalue weighted by Gasteiger charge is 2.46. The summed E-state index contributed by atoms with van der Waals surface area (Å²) < 4.78 is 110. The fourth-order valence-corrected chi connectivity index (χ4v) is 11.8. The highest BCUT2D eigenvalue weighted by atomic mass is 32.2. The molecule has 5 aromatic carbocycles. The molecule has 0 unspecified atom stereocenters. The molecule has 21 heteroatoms. The van der Waals surface area contributed by atoms with E-state index in [4.69, 9.17) is 24.1 Å². The molecule has 1 fully saturated rings. The van der Waals surface area contributed by atoms with Crippen molar-refractivity contribution in [3.8, 4) is 39.8 Å². The van der Waals surface area contributed by atoms with E-state index in [-0.39, 0.29) is 60.1 Å². The van der Waals surface area contributed by atoms with E-state index in [1.54, 1.807) is 93.6 Å². The molecular weight excluding hydrogens is 911 g/mol. The molecule has 2 heterocycles. The van der Waals surface area contributed by atoms with Crippen LogP contribution in [-0.4, -0.2) is 106 Å². The Morgan fingerprint density at radius 1 is 0.742 bits per heavy atom. The first-order valence-corrected chi connectivity index (χ1v) is 24.9. The number of ether oxygens (including phenoxy) is 4. The summed E-state index contributed by atoms with van der Waals surface area (Å²) in [6, 6.07) is 28.5. The van der Waals surface area contributed by atoms with Crippen molar-refractivity contribution in [2.75, 3.05) is 34.4 Å². The minimum atomic E-state index is -5.01. The lowest BCUT2D eigenvalue weighted by Gasteiger charge is -2.39. The van der Waals surface area contributed by atoms with Crippen molar-refractivity contribution < 1.29 is 49.0 Å². The Kier molecular flexibility index (Phi) is 13.6. The average Bonchev–Trinajstić information content (AvgIpc) is 3.73. The number of hydrogen-bond acceptors (Lipinski definition) is 14. The van der Waals surface area contributed by atoms with Gasteiger partial charge >= 0.3 is 6.09 Å². The second-order valence-corrected chi connectivity index (χ2v) is 22.0. The van der Waals surface area contributed by atoms with Crippen LogP contribution in [0.3, 0.4) is 0 Å². The van der Waals surface area contributed by atoms with Gasteiger partial charge in [0.25, 0.3) is 0 Å². The van der Waals surface area contributed by atoms with Crippen LogP contribution in [0.15, 0.2) is 124 Å². The number of amides is 1. The first-order chi connectivity index (χ1) is 31.2. The van der Waals surface area contributed by atoms with Gasteiger partial charge in [0.15, 0.2) is 9.84 Å². The fraction of sp³-hybridized carbons (Fsp3) is 0.289. The predicted octanol–water partition coefficient (Wildman–Crippen LogP) is 5.51. The maximum atomic E-state index is 16.0. The summed E-state index contributed by atoms with van der Waals surface area (Å²) in [5, 5.41) is 17.5. The van der Waals surface area contributed by atoms with E-state index < -0.39 is 56.6 Å². The number of hydrogen-bond donors (Lipinski definition) is 1. The molecule has 0 saturated carbocycles. The molecule has 1 aliphatic rings. The van der Waals surface area contributed by atoms with Gasteiger partial charge in [-0.05, 0) is 108 Å². The van der Waals surface area contributed by atoms with Gasteiger partial charge in [-0.3, -0.25) is 0 Å². The Morgan fingerprint density at radius 3 is 1.77 bits per heavy atom. The Hall–Kier alpha value is -6.39. The molecular formula is C45H49N7O11S3. The number of methoxy groups -OCH3 is 3. The number of primary sulfonamides is 1. The van der Waals surface area contributed by atoms with Gasteiger partial charge in [-0.25, -0.2) is 35.2 Å². The molecule has 0 aliphatic carbocycles. The normalized spacial score (nSPS) is 13.6. The zero-order valence-corrected chi connectivity index (χ0v) is 39.4. The summed E-state index contributed by atoms with van der Waals surface area (Å²) in [7, 11) is -9.38. The molecule has 1 aliphatic heterocycles. The summed E-state index contributed by atoms with van der Waals surface area (Å²) in [6.45, 7) is 4.03. The highest BCUT2D eigenvalue weighted by Crippen LogP contribution is 2.43. The van der Waals surface area contributed by atoms with Crippen molar-refractivity contribution >= 4 is 36.0 Å². The molecule has 2 N–H and O–H groups in total. The molecule has 348 valence electrons. The van der Waals surface area contributed by atoms with E-state index in [0.29, 0.717) is 28.4 Å². The second-order valence-electron chi connectivity index (χ2n) is 16.4. The van der Waals surface area contributed by atoms with Crippen LogP contribution in [0.2, 0.25) is 0 Å². The third kappa shape index (κ3) is 10.5. The zero-order chi connectivity index (χ0) is 47.6. The highest BCUT2D eigenvalue weighted by molar-refractivity contribution is 7.94. The van der Waals surface area contributed by atoms with Crippen LogP contribution in [0, 0.1) is 0 Å². The van der Waals surface area contributed by atoms with Crippen molar-refractivity contribution in [2.45, 2.75) is 65.9 Å². The molecule has 6 aromatic rings. The van der Waals surface area contributed by atoms with Gasteiger partial charge < -0.3 is 23.8 Å². The van der Waals surface area contributed by atoms with Crippen LogP contribution in [0.1, 0.15) is 37.5 Å². The minimum Gasteiger partial charge on any atom is -0.497 e. The Morgan fingerprint density at radius 2 is 1.27 bits per heavy atom. The monoisotopic (exact) mass is 959 g/mol. The topological polar surface area (TPSA) is 233 Å².